The number of nitrogens with one attached hydrogen (secondary N) is 1. The molecule has 17 heavy (non-hydrogen) atoms. The third-order valence-corrected chi connectivity index (χ3v) is 3.29. The highest BCUT2D eigenvalue weighted by atomic mass is 16.5. The molecule has 1 aliphatic rings. The van der Waals surface area contributed by atoms with Crippen LogP contribution in [0.5, 0.6) is 11.5 Å². The van der Waals surface area contributed by atoms with Gasteiger partial charge in [0.15, 0.2) is 0 Å². The minimum absolute atomic E-state index is 0.630. The maximum Gasteiger partial charge on any atom is 0.123 e. The van der Waals surface area contributed by atoms with Gasteiger partial charge in [-0.3, -0.25) is 4.90 Å². The highest BCUT2D eigenvalue weighted by Crippen LogP contribution is 2.25. The van der Waals surface area contributed by atoms with Crippen molar-refractivity contribution in [1.29, 1.82) is 0 Å². The lowest BCUT2D eigenvalue weighted by Gasteiger charge is -2.35. The highest BCUT2D eigenvalue weighted by molar-refractivity contribution is 5.40. The molecule has 0 unspecified atom stereocenters. The molecule has 1 N–H and O–H groups in total. The van der Waals surface area contributed by atoms with Gasteiger partial charge in [-0.25, -0.2) is 0 Å². The van der Waals surface area contributed by atoms with Gasteiger partial charge in [0, 0.05) is 31.2 Å². The molecule has 0 spiro atoms. The molecule has 0 amide bonds. The minimum atomic E-state index is 0.630. The normalized spacial score (nSPS) is 15.8. The fourth-order valence-electron chi connectivity index (χ4n) is 1.99. The van der Waals surface area contributed by atoms with Crippen molar-refractivity contribution in [2.75, 3.05) is 34.4 Å². The maximum atomic E-state index is 5.38. The first-order valence-corrected chi connectivity index (χ1v) is 5.86. The molecule has 1 fully saturated rings. The SMILES string of the molecule is COc1ccc(OC)c(CN(C)C2CNC2)c1. The number of hydrogen-bond donors (Lipinski definition) is 1. The predicted molar refractivity (Wildman–Crippen MR) is 67.7 cm³/mol. The number of methoxy groups -OCH3 is 2. The van der Waals surface area contributed by atoms with E-state index in [0.29, 0.717) is 6.04 Å². The Kier molecular flexibility index (Phi) is 3.86. The number of ether oxygens (including phenoxy) is 2. The standard InChI is InChI=1S/C13H20N2O2/c1-15(11-7-14-8-11)9-10-6-12(16-2)4-5-13(10)17-3/h4-6,11,14H,7-9H2,1-3H3. The van der Waals surface area contributed by atoms with E-state index in [4.69, 9.17) is 9.47 Å². The second kappa shape index (κ2) is 5.38. The summed E-state index contributed by atoms with van der Waals surface area (Å²) in [7, 11) is 5.53. The summed E-state index contributed by atoms with van der Waals surface area (Å²) in [4.78, 5) is 2.34. The number of likely N-dealkylation sites (N-methyl/N-ethyl adjacent to an activating group) is 1. The van der Waals surface area contributed by atoms with Crippen LogP contribution < -0.4 is 14.8 Å². The summed E-state index contributed by atoms with van der Waals surface area (Å²) in [5.41, 5.74) is 1.17. The summed E-state index contributed by atoms with van der Waals surface area (Å²) < 4.78 is 10.6. The van der Waals surface area contributed by atoms with Crippen molar-refractivity contribution in [3.8, 4) is 11.5 Å². The Morgan fingerprint density at radius 2 is 2.06 bits per heavy atom. The first kappa shape index (κ1) is 12.2. The van der Waals surface area contributed by atoms with Crippen LogP contribution in [0.2, 0.25) is 0 Å². The van der Waals surface area contributed by atoms with Gasteiger partial charge in [0.2, 0.25) is 0 Å². The van der Waals surface area contributed by atoms with Crippen LogP contribution in [0, 0.1) is 0 Å². The fraction of sp³-hybridized carbons (Fsp3) is 0.538. The number of rotatable bonds is 5. The Morgan fingerprint density at radius 1 is 1.29 bits per heavy atom. The van der Waals surface area contributed by atoms with Gasteiger partial charge in [-0.05, 0) is 25.2 Å². The van der Waals surface area contributed by atoms with Crippen LogP contribution in [0.25, 0.3) is 0 Å². The van der Waals surface area contributed by atoms with Crippen molar-refractivity contribution < 1.29 is 9.47 Å². The van der Waals surface area contributed by atoms with Crippen molar-refractivity contribution in [3.05, 3.63) is 23.8 Å². The zero-order chi connectivity index (χ0) is 12.3. The maximum absolute atomic E-state index is 5.38. The van der Waals surface area contributed by atoms with Crippen LogP contribution in [0.3, 0.4) is 0 Å². The summed E-state index contributed by atoms with van der Waals surface area (Å²) in [5, 5.41) is 3.28. The lowest BCUT2D eigenvalue weighted by Crippen LogP contribution is -2.55. The average molecular weight is 236 g/mol. The molecule has 0 bridgehead atoms. The van der Waals surface area contributed by atoms with Gasteiger partial charge < -0.3 is 14.8 Å². The van der Waals surface area contributed by atoms with E-state index in [1.165, 1.54) is 5.56 Å². The molecule has 1 aromatic carbocycles. The minimum Gasteiger partial charge on any atom is -0.497 e. The van der Waals surface area contributed by atoms with Crippen molar-refractivity contribution in [1.82, 2.24) is 10.2 Å². The number of nitrogens with zero attached hydrogens (tertiary/aromatic N) is 1. The summed E-state index contributed by atoms with van der Waals surface area (Å²) in [6.45, 7) is 3.03. The van der Waals surface area contributed by atoms with Crippen molar-refractivity contribution in [3.63, 3.8) is 0 Å². The van der Waals surface area contributed by atoms with Gasteiger partial charge in [-0.15, -0.1) is 0 Å². The van der Waals surface area contributed by atoms with Gasteiger partial charge in [0.25, 0.3) is 0 Å². The van der Waals surface area contributed by atoms with E-state index in [-0.39, 0.29) is 0 Å². The monoisotopic (exact) mass is 236 g/mol. The first-order chi connectivity index (χ1) is 8.24. The molecule has 2 rings (SSSR count). The molecule has 4 heteroatoms. The van der Waals surface area contributed by atoms with Gasteiger partial charge >= 0.3 is 0 Å². The van der Waals surface area contributed by atoms with Crippen LogP contribution in [-0.2, 0) is 6.54 Å². The molecule has 4 nitrogen and oxygen atoms in total. The van der Waals surface area contributed by atoms with E-state index in [1.54, 1.807) is 14.2 Å². The Hall–Kier alpha value is -1.26. The van der Waals surface area contributed by atoms with Crippen LogP contribution in [0.1, 0.15) is 5.56 Å². The van der Waals surface area contributed by atoms with Crippen LogP contribution >= 0.6 is 0 Å². The van der Waals surface area contributed by atoms with Crippen molar-refractivity contribution in [2.45, 2.75) is 12.6 Å². The Morgan fingerprint density at radius 3 is 2.59 bits per heavy atom. The van der Waals surface area contributed by atoms with E-state index in [2.05, 4.69) is 17.3 Å². The van der Waals surface area contributed by atoms with Crippen molar-refractivity contribution >= 4 is 0 Å². The molecule has 0 aromatic heterocycles. The summed E-state index contributed by atoms with van der Waals surface area (Å²) >= 11 is 0. The topological polar surface area (TPSA) is 33.7 Å². The molecule has 1 aliphatic heterocycles. The number of hydrogen-bond acceptors (Lipinski definition) is 4. The molecule has 1 heterocycles. The summed E-state index contributed by atoms with van der Waals surface area (Å²) in [5.74, 6) is 1.80. The van der Waals surface area contributed by atoms with Gasteiger partial charge in [-0.2, -0.15) is 0 Å². The van der Waals surface area contributed by atoms with Crippen LogP contribution in [0.4, 0.5) is 0 Å². The van der Waals surface area contributed by atoms with Gasteiger partial charge in [-0.1, -0.05) is 0 Å². The summed E-state index contributed by atoms with van der Waals surface area (Å²) in [6.07, 6.45) is 0. The molecule has 1 saturated heterocycles. The zero-order valence-corrected chi connectivity index (χ0v) is 10.7. The van der Waals surface area contributed by atoms with Crippen LogP contribution in [0.15, 0.2) is 18.2 Å². The molecule has 94 valence electrons. The molecule has 0 saturated carbocycles. The molecular weight excluding hydrogens is 216 g/mol. The molecule has 1 aromatic rings. The Labute approximate surface area is 103 Å². The van der Waals surface area contributed by atoms with Gasteiger partial charge in [0.1, 0.15) is 11.5 Å². The van der Waals surface area contributed by atoms with E-state index >= 15 is 0 Å². The van der Waals surface area contributed by atoms with E-state index in [9.17, 15) is 0 Å². The van der Waals surface area contributed by atoms with E-state index in [0.717, 1.165) is 31.1 Å². The molecule has 0 aliphatic carbocycles. The second-order valence-corrected chi connectivity index (χ2v) is 4.40. The second-order valence-electron chi connectivity index (χ2n) is 4.40. The lowest BCUT2D eigenvalue weighted by molar-refractivity contribution is 0.171. The zero-order valence-electron chi connectivity index (χ0n) is 10.7. The quantitative estimate of drug-likeness (QED) is 0.830. The van der Waals surface area contributed by atoms with E-state index < -0.39 is 0 Å². The largest absolute Gasteiger partial charge is 0.497 e. The molecule has 0 radical (unpaired) electrons. The fourth-order valence-corrected chi connectivity index (χ4v) is 1.99. The smallest absolute Gasteiger partial charge is 0.123 e. The number of benzene rings is 1. The average Bonchev–Trinajstić information content (AvgIpc) is 2.26. The van der Waals surface area contributed by atoms with E-state index in [1.807, 2.05) is 18.2 Å². The first-order valence-electron chi connectivity index (χ1n) is 5.86. The third-order valence-electron chi connectivity index (χ3n) is 3.29. The van der Waals surface area contributed by atoms with Gasteiger partial charge in [0.05, 0.1) is 14.2 Å². The van der Waals surface area contributed by atoms with Crippen LogP contribution in [-0.4, -0.2) is 45.3 Å². The highest BCUT2D eigenvalue weighted by Gasteiger charge is 2.22. The lowest BCUT2D eigenvalue weighted by atomic mass is 10.1. The molecular formula is C13H20N2O2. The Bertz CT molecular complexity index is 378. The van der Waals surface area contributed by atoms with Crippen molar-refractivity contribution in [2.24, 2.45) is 0 Å². The summed E-state index contributed by atoms with van der Waals surface area (Å²) in [6, 6.07) is 6.56. The molecule has 0 atom stereocenters. The Balaban J connectivity index is 2.11. The predicted octanol–water partition coefficient (Wildman–Crippen LogP) is 1.11. The third kappa shape index (κ3) is 2.70.